The highest BCUT2D eigenvalue weighted by Gasteiger charge is 2.41. The summed E-state index contributed by atoms with van der Waals surface area (Å²) in [5, 5.41) is 0. The van der Waals surface area contributed by atoms with Crippen molar-refractivity contribution in [2.24, 2.45) is 0 Å². The number of nitrogens with zero attached hydrogens (tertiary/aromatic N) is 1. The first-order valence-electron chi connectivity index (χ1n) is 6.70. The third-order valence-electron chi connectivity index (χ3n) is 4.27. The fraction of sp³-hybridized carbons (Fsp3) is 0.353. The lowest BCUT2D eigenvalue weighted by Gasteiger charge is -2.19. The minimum atomic E-state index is 0.120. The van der Waals surface area contributed by atoms with Crippen molar-refractivity contribution in [2.45, 2.75) is 39.7 Å². The monoisotopic (exact) mass is 238 g/mol. The Balaban J connectivity index is 2.45. The van der Waals surface area contributed by atoms with Crippen LogP contribution in [0.1, 0.15) is 37.5 Å². The molecule has 1 heteroatoms. The number of fused-ring (bicyclic) bond motifs is 3. The lowest BCUT2D eigenvalue weighted by Crippen LogP contribution is -2.35. The molecule has 1 aromatic carbocycles. The van der Waals surface area contributed by atoms with Crippen molar-refractivity contribution in [1.29, 1.82) is 0 Å². The summed E-state index contributed by atoms with van der Waals surface area (Å²) in [7, 11) is 0. The topological polar surface area (TPSA) is 3.88 Å². The SMILES string of the molecule is CC[n+]1cccc2c1-c1c(C)cccc1C2(C)C. The lowest BCUT2D eigenvalue weighted by atomic mass is 9.82. The smallest absolute Gasteiger partial charge is 0.198 e. The first kappa shape index (κ1) is 11.5. The molecule has 0 saturated heterocycles. The van der Waals surface area contributed by atoms with E-state index in [0.29, 0.717) is 0 Å². The van der Waals surface area contributed by atoms with Crippen LogP contribution in [0.4, 0.5) is 0 Å². The maximum absolute atomic E-state index is 2.37. The first-order valence-corrected chi connectivity index (χ1v) is 6.70. The van der Waals surface area contributed by atoms with Crippen molar-refractivity contribution < 1.29 is 4.57 Å². The van der Waals surface area contributed by atoms with Gasteiger partial charge in [-0.2, -0.15) is 4.57 Å². The van der Waals surface area contributed by atoms with Crippen molar-refractivity contribution in [3.63, 3.8) is 0 Å². The van der Waals surface area contributed by atoms with Crippen LogP contribution < -0.4 is 4.57 Å². The first-order chi connectivity index (χ1) is 8.57. The zero-order valence-electron chi connectivity index (χ0n) is 11.6. The van der Waals surface area contributed by atoms with Crippen LogP contribution in [-0.2, 0) is 12.0 Å². The summed E-state index contributed by atoms with van der Waals surface area (Å²) < 4.78 is 2.37. The standard InChI is InChI=1S/C17H20N/c1-5-18-11-7-10-14-16(18)15-12(2)8-6-9-13(15)17(14,3)4/h6-11H,5H2,1-4H3/q+1. The number of benzene rings is 1. The number of rotatable bonds is 1. The molecule has 1 heterocycles. The third-order valence-corrected chi connectivity index (χ3v) is 4.27. The Morgan fingerprint density at radius 3 is 2.50 bits per heavy atom. The average Bonchev–Trinajstić information content (AvgIpc) is 2.60. The van der Waals surface area contributed by atoms with Crippen molar-refractivity contribution in [2.75, 3.05) is 0 Å². The summed E-state index contributed by atoms with van der Waals surface area (Å²) >= 11 is 0. The molecule has 0 bridgehead atoms. The normalized spacial score (nSPS) is 15.3. The maximum Gasteiger partial charge on any atom is 0.217 e. The number of hydrogen-bond donors (Lipinski definition) is 0. The van der Waals surface area contributed by atoms with Crippen LogP contribution in [0.5, 0.6) is 0 Å². The van der Waals surface area contributed by atoms with Gasteiger partial charge in [0, 0.05) is 17.0 Å². The molecule has 0 N–H and O–H groups in total. The van der Waals surface area contributed by atoms with Gasteiger partial charge in [-0.15, -0.1) is 0 Å². The van der Waals surface area contributed by atoms with Crippen LogP contribution in [-0.4, -0.2) is 0 Å². The van der Waals surface area contributed by atoms with E-state index in [2.05, 4.69) is 68.8 Å². The zero-order chi connectivity index (χ0) is 12.9. The quantitative estimate of drug-likeness (QED) is 0.668. The number of aryl methyl sites for hydroxylation is 2. The van der Waals surface area contributed by atoms with Crippen molar-refractivity contribution >= 4 is 0 Å². The molecule has 18 heavy (non-hydrogen) atoms. The number of pyridine rings is 1. The van der Waals surface area contributed by atoms with Gasteiger partial charge in [0.15, 0.2) is 6.20 Å². The summed E-state index contributed by atoms with van der Waals surface area (Å²) in [4.78, 5) is 0. The molecule has 0 amide bonds. The predicted molar refractivity (Wildman–Crippen MR) is 74.6 cm³/mol. The Kier molecular flexibility index (Phi) is 2.34. The molecule has 0 fully saturated rings. The molecule has 3 rings (SSSR count). The van der Waals surface area contributed by atoms with E-state index in [0.717, 1.165) is 6.54 Å². The second-order valence-corrected chi connectivity index (χ2v) is 5.68. The van der Waals surface area contributed by atoms with Crippen LogP contribution in [0.2, 0.25) is 0 Å². The van der Waals surface area contributed by atoms with Crippen LogP contribution in [0.25, 0.3) is 11.3 Å². The van der Waals surface area contributed by atoms with E-state index in [1.54, 1.807) is 0 Å². The van der Waals surface area contributed by atoms with Gasteiger partial charge in [-0.25, -0.2) is 0 Å². The molecule has 1 aliphatic rings. The van der Waals surface area contributed by atoms with Gasteiger partial charge in [-0.1, -0.05) is 32.0 Å². The van der Waals surface area contributed by atoms with Crippen LogP contribution in [0, 0.1) is 6.92 Å². The van der Waals surface area contributed by atoms with E-state index < -0.39 is 0 Å². The van der Waals surface area contributed by atoms with E-state index in [1.807, 2.05) is 0 Å². The highest BCUT2D eigenvalue weighted by Crippen LogP contribution is 2.47. The molecule has 1 nitrogen and oxygen atoms in total. The van der Waals surface area contributed by atoms with Gasteiger partial charge in [-0.3, -0.25) is 0 Å². The average molecular weight is 238 g/mol. The molecule has 0 unspecified atom stereocenters. The second-order valence-electron chi connectivity index (χ2n) is 5.68. The molecule has 0 spiro atoms. The van der Waals surface area contributed by atoms with Gasteiger partial charge in [0.1, 0.15) is 6.54 Å². The number of aromatic nitrogens is 1. The molecule has 1 aromatic heterocycles. The Bertz CT molecular complexity index is 624. The van der Waals surface area contributed by atoms with Gasteiger partial charge in [0.25, 0.3) is 0 Å². The molecular weight excluding hydrogens is 218 g/mol. The Hall–Kier alpha value is -1.63. The van der Waals surface area contributed by atoms with Gasteiger partial charge in [-0.05, 0) is 31.0 Å². The van der Waals surface area contributed by atoms with Gasteiger partial charge < -0.3 is 0 Å². The maximum atomic E-state index is 2.37. The van der Waals surface area contributed by atoms with Crippen molar-refractivity contribution in [3.8, 4) is 11.3 Å². The van der Waals surface area contributed by atoms with Crippen LogP contribution in [0.3, 0.4) is 0 Å². The molecule has 0 aliphatic heterocycles. The molecular formula is C17H20N+. The summed E-state index contributed by atoms with van der Waals surface area (Å²) in [5.41, 5.74) is 7.28. The third kappa shape index (κ3) is 1.30. The van der Waals surface area contributed by atoms with E-state index in [9.17, 15) is 0 Å². The Morgan fingerprint density at radius 2 is 1.78 bits per heavy atom. The molecule has 1 aliphatic carbocycles. The van der Waals surface area contributed by atoms with E-state index in [-0.39, 0.29) is 5.41 Å². The fourth-order valence-electron chi connectivity index (χ4n) is 3.25. The number of hydrogen-bond acceptors (Lipinski definition) is 0. The van der Waals surface area contributed by atoms with Crippen molar-refractivity contribution in [3.05, 3.63) is 53.2 Å². The second kappa shape index (κ2) is 3.68. The molecule has 0 radical (unpaired) electrons. The molecule has 2 aromatic rings. The lowest BCUT2D eigenvalue weighted by molar-refractivity contribution is -0.683. The molecule has 0 atom stereocenters. The molecule has 92 valence electrons. The Morgan fingerprint density at radius 1 is 1.06 bits per heavy atom. The minimum Gasteiger partial charge on any atom is -0.198 e. The van der Waals surface area contributed by atoms with Crippen LogP contribution in [0.15, 0.2) is 36.5 Å². The summed E-state index contributed by atoms with van der Waals surface area (Å²) in [6.07, 6.45) is 2.19. The van der Waals surface area contributed by atoms with Gasteiger partial charge in [0.2, 0.25) is 5.69 Å². The highest BCUT2D eigenvalue weighted by atomic mass is 15.0. The predicted octanol–water partition coefficient (Wildman–Crippen LogP) is 3.61. The van der Waals surface area contributed by atoms with Crippen LogP contribution >= 0.6 is 0 Å². The largest absolute Gasteiger partial charge is 0.217 e. The summed E-state index contributed by atoms with van der Waals surface area (Å²) in [6, 6.07) is 11.1. The zero-order valence-corrected chi connectivity index (χ0v) is 11.6. The van der Waals surface area contributed by atoms with E-state index in [1.165, 1.54) is 27.9 Å². The van der Waals surface area contributed by atoms with Gasteiger partial charge in [0.05, 0.1) is 5.56 Å². The van der Waals surface area contributed by atoms with E-state index in [4.69, 9.17) is 0 Å². The Labute approximate surface area is 109 Å². The van der Waals surface area contributed by atoms with Gasteiger partial charge >= 0.3 is 0 Å². The van der Waals surface area contributed by atoms with Crippen molar-refractivity contribution in [1.82, 2.24) is 0 Å². The minimum absolute atomic E-state index is 0.120. The highest BCUT2D eigenvalue weighted by molar-refractivity contribution is 5.78. The molecule has 0 saturated carbocycles. The fourth-order valence-corrected chi connectivity index (χ4v) is 3.25. The van der Waals surface area contributed by atoms with E-state index >= 15 is 0 Å². The summed E-state index contributed by atoms with van der Waals surface area (Å²) in [6.45, 7) is 10.1. The summed E-state index contributed by atoms with van der Waals surface area (Å²) in [5.74, 6) is 0.